The molecule has 0 spiro atoms. The molecule has 0 fully saturated rings. The number of thioether (sulfide) groups is 1. The van der Waals surface area contributed by atoms with Gasteiger partial charge in [0.2, 0.25) is 5.91 Å². The van der Waals surface area contributed by atoms with Crippen LogP contribution in [0.2, 0.25) is 0 Å². The minimum absolute atomic E-state index is 0.0475. The molecule has 2 aromatic heterocycles. The molecule has 124 valence electrons. The Kier molecular flexibility index (Phi) is 6.17. The molecule has 0 aliphatic heterocycles. The van der Waals surface area contributed by atoms with Crippen LogP contribution in [0.15, 0.2) is 9.90 Å². The fourth-order valence-electron chi connectivity index (χ4n) is 1.84. The summed E-state index contributed by atoms with van der Waals surface area (Å²) in [7, 11) is 0. The number of nitrogens with one attached hydrogen (secondary N) is 1. The molecule has 0 aliphatic carbocycles. The van der Waals surface area contributed by atoms with Crippen LogP contribution in [0.25, 0.3) is 0 Å². The molecule has 23 heavy (non-hydrogen) atoms. The van der Waals surface area contributed by atoms with Crippen LogP contribution in [0.5, 0.6) is 0 Å². The normalized spacial score (nSPS) is 10.7. The van der Waals surface area contributed by atoms with Crippen LogP contribution in [0.3, 0.4) is 0 Å². The Morgan fingerprint density at radius 2 is 2.22 bits per heavy atom. The predicted molar refractivity (Wildman–Crippen MR) is 87.9 cm³/mol. The first kappa shape index (κ1) is 17.5. The summed E-state index contributed by atoms with van der Waals surface area (Å²) < 4.78 is 5.07. The van der Waals surface area contributed by atoms with Crippen LogP contribution in [0, 0.1) is 13.8 Å². The molecular formula is C14H17N3O4S2. The highest BCUT2D eigenvalue weighted by Gasteiger charge is 2.11. The van der Waals surface area contributed by atoms with Crippen LogP contribution in [0.4, 0.5) is 0 Å². The average Bonchev–Trinajstić information content (AvgIpc) is 3.09. The minimum atomic E-state index is -1.03. The number of carbonyl (C=O) groups excluding carboxylic acids is 1. The monoisotopic (exact) mass is 355 g/mol. The Labute approximate surface area is 141 Å². The molecule has 1 amide bonds. The standard InChI is InChI=1S/C14H17N3O4S2/c1-8-10(9(2)21-17-8)5-22-7-12(18)15-4-3-13-16-11(6-23-13)14(19)20/h6H,3-5,7H2,1-2H3,(H,15,18)(H,19,20). The Balaban J connectivity index is 1.66. The van der Waals surface area contributed by atoms with Gasteiger partial charge < -0.3 is 14.9 Å². The number of rotatable bonds is 8. The molecular weight excluding hydrogens is 338 g/mol. The number of aromatic carboxylic acids is 1. The lowest BCUT2D eigenvalue weighted by Gasteiger charge is -2.04. The summed E-state index contributed by atoms with van der Waals surface area (Å²) in [6.07, 6.45) is 0.526. The van der Waals surface area contributed by atoms with Gasteiger partial charge in [-0.3, -0.25) is 4.79 Å². The number of amides is 1. The smallest absolute Gasteiger partial charge is 0.355 e. The van der Waals surface area contributed by atoms with Crippen molar-refractivity contribution in [2.45, 2.75) is 26.0 Å². The van der Waals surface area contributed by atoms with E-state index in [0.717, 1.165) is 17.0 Å². The van der Waals surface area contributed by atoms with Crippen molar-refractivity contribution >= 4 is 35.0 Å². The van der Waals surface area contributed by atoms with Gasteiger partial charge in [-0.05, 0) is 13.8 Å². The second-order valence-electron chi connectivity index (χ2n) is 4.83. The summed E-state index contributed by atoms with van der Waals surface area (Å²) in [6, 6.07) is 0. The third-order valence-corrected chi connectivity index (χ3v) is 4.96. The fraction of sp³-hybridized carbons (Fsp3) is 0.429. The Morgan fingerprint density at radius 1 is 1.43 bits per heavy atom. The van der Waals surface area contributed by atoms with Crippen LogP contribution in [-0.2, 0) is 17.0 Å². The van der Waals surface area contributed by atoms with Gasteiger partial charge in [-0.25, -0.2) is 9.78 Å². The zero-order valence-corrected chi connectivity index (χ0v) is 14.4. The number of aromatic nitrogens is 2. The Hall–Kier alpha value is -1.87. The molecule has 0 aromatic carbocycles. The molecule has 2 aromatic rings. The van der Waals surface area contributed by atoms with E-state index < -0.39 is 5.97 Å². The van der Waals surface area contributed by atoms with Crippen molar-refractivity contribution in [3.05, 3.63) is 33.1 Å². The van der Waals surface area contributed by atoms with Gasteiger partial charge in [-0.1, -0.05) is 5.16 Å². The molecule has 7 nitrogen and oxygen atoms in total. The van der Waals surface area contributed by atoms with Gasteiger partial charge in [0.1, 0.15) is 5.76 Å². The second kappa shape index (κ2) is 8.11. The lowest BCUT2D eigenvalue weighted by molar-refractivity contribution is -0.118. The van der Waals surface area contributed by atoms with E-state index in [-0.39, 0.29) is 11.6 Å². The number of nitrogens with zero attached hydrogens (tertiary/aromatic N) is 2. The molecule has 0 radical (unpaired) electrons. The SMILES string of the molecule is Cc1noc(C)c1CSCC(=O)NCCc1nc(C(=O)O)cs1. The van der Waals surface area contributed by atoms with E-state index in [4.69, 9.17) is 9.63 Å². The van der Waals surface area contributed by atoms with E-state index in [9.17, 15) is 9.59 Å². The van der Waals surface area contributed by atoms with E-state index >= 15 is 0 Å². The number of aryl methyl sites for hydroxylation is 2. The first-order chi connectivity index (χ1) is 11.0. The van der Waals surface area contributed by atoms with E-state index in [1.54, 1.807) is 0 Å². The highest BCUT2D eigenvalue weighted by atomic mass is 32.2. The maximum atomic E-state index is 11.8. The van der Waals surface area contributed by atoms with Crippen molar-refractivity contribution in [3.8, 4) is 0 Å². The molecule has 0 unspecified atom stereocenters. The average molecular weight is 355 g/mol. The molecule has 2 N–H and O–H groups in total. The third-order valence-electron chi connectivity index (χ3n) is 3.09. The third kappa shape index (κ3) is 5.07. The van der Waals surface area contributed by atoms with Gasteiger partial charge in [-0.15, -0.1) is 23.1 Å². The molecule has 9 heteroatoms. The van der Waals surface area contributed by atoms with Crippen molar-refractivity contribution in [2.24, 2.45) is 0 Å². The number of hydrogen-bond donors (Lipinski definition) is 2. The van der Waals surface area contributed by atoms with Crippen molar-refractivity contribution < 1.29 is 19.2 Å². The van der Waals surface area contributed by atoms with Gasteiger partial charge in [0.15, 0.2) is 5.69 Å². The van der Waals surface area contributed by atoms with Crippen LogP contribution in [-0.4, -0.2) is 39.4 Å². The van der Waals surface area contributed by atoms with E-state index in [1.807, 2.05) is 13.8 Å². The predicted octanol–water partition coefficient (Wildman–Crippen LogP) is 2.04. The van der Waals surface area contributed by atoms with Crippen LogP contribution >= 0.6 is 23.1 Å². The fourth-order valence-corrected chi connectivity index (χ4v) is 3.62. The van der Waals surface area contributed by atoms with E-state index in [0.29, 0.717) is 29.5 Å². The number of carboxylic acids is 1. The van der Waals surface area contributed by atoms with Crippen molar-refractivity contribution in [1.82, 2.24) is 15.5 Å². The summed E-state index contributed by atoms with van der Waals surface area (Å²) in [4.78, 5) is 26.5. The summed E-state index contributed by atoms with van der Waals surface area (Å²) in [5.74, 6) is 0.725. The van der Waals surface area contributed by atoms with Gasteiger partial charge >= 0.3 is 5.97 Å². The molecule has 0 aliphatic rings. The van der Waals surface area contributed by atoms with Crippen molar-refractivity contribution in [3.63, 3.8) is 0 Å². The van der Waals surface area contributed by atoms with Gasteiger partial charge in [0.25, 0.3) is 0 Å². The molecule has 2 heterocycles. The summed E-state index contributed by atoms with van der Waals surface area (Å²) in [5, 5.41) is 17.7. The molecule has 2 rings (SSSR count). The highest BCUT2D eigenvalue weighted by Crippen LogP contribution is 2.19. The number of carboxylic acid groups (broad SMARTS) is 1. The Bertz CT molecular complexity index is 677. The molecule has 0 saturated carbocycles. The first-order valence-corrected chi connectivity index (χ1v) is 8.94. The van der Waals surface area contributed by atoms with E-state index in [1.165, 1.54) is 28.5 Å². The summed E-state index contributed by atoms with van der Waals surface area (Å²) in [6.45, 7) is 4.18. The lowest BCUT2D eigenvalue weighted by atomic mass is 10.2. The van der Waals surface area contributed by atoms with Crippen molar-refractivity contribution in [2.75, 3.05) is 12.3 Å². The second-order valence-corrected chi connectivity index (χ2v) is 6.76. The maximum absolute atomic E-state index is 11.8. The van der Waals surface area contributed by atoms with Gasteiger partial charge in [-0.2, -0.15) is 0 Å². The molecule has 0 atom stereocenters. The topological polar surface area (TPSA) is 105 Å². The maximum Gasteiger partial charge on any atom is 0.355 e. The molecule has 0 bridgehead atoms. The summed E-state index contributed by atoms with van der Waals surface area (Å²) >= 11 is 2.78. The van der Waals surface area contributed by atoms with Gasteiger partial charge in [0, 0.05) is 29.7 Å². The van der Waals surface area contributed by atoms with Crippen molar-refractivity contribution in [1.29, 1.82) is 0 Å². The number of carbonyl (C=O) groups is 2. The summed E-state index contributed by atoms with van der Waals surface area (Å²) in [5.41, 5.74) is 1.94. The zero-order valence-electron chi connectivity index (χ0n) is 12.8. The number of thiazole rings is 1. The number of hydrogen-bond acceptors (Lipinski definition) is 7. The lowest BCUT2D eigenvalue weighted by Crippen LogP contribution is -2.27. The van der Waals surface area contributed by atoms with Gasteiger partial charge in [0.05, 0.1) is 16.5 Å². The zero-order chi connectivity index (χ0) is 16.8. The largest absolute Gasteiger partial charge is 0.476 e. The minimum Gasteiger partial charge on any atom is -0.476 e. The highest BCUT2D eigenvalue weighted by molar-refractivity contribution is 7.99. The first-order valence-electron chi connectivity index (χ1n) is 6.91. The van der Waals surface area contributed by atoms with Crippen LogP contribution < -0.4 is 5.32 Å². The van der Waals surface area contributed by atoms with E-state index in [2.05, 4.69) is 15.5 Å². The Morgan fingerprint density at radius 3 is 2.83 bits per heavy atom. The quantitative estimate of drug-likeness (QED) is 0.746. The molecule has 0 saturated heterocycles. The van der Waals surface area contributed by atoms with Crippen LogP contribution in [0.1, 0.15) is 32.5 Å².